The molecule has 0 aliphatic heterocycles. The third-order valence-corrected chi connectivity index (χ3v) is 4.57. The van der Waals surface area contributed by atoms with Crippen molar-refractivity contribution in [1.82, 2.24) is 29.8 Å². The van der Waals surface area contributed by atoms with Crippen LogP contribution in [-0.2, 0) is 6.54 Å². The number of aromatic nitrogens is 6. The Morgan fingerprint density at radius 3 is 2.43 bits per heavy atom. The van der Waals surface area contributed by atoms with Crippen molar-refractivity contribution in [2.75, 3.05) is 0 Å². The van der Waals surface area contributed by atoms with Gasteiger partial charge in [0.1, 0.15) is 12.4 Å². The Hall–Kier alpha value is -2.50. The predicted octanol–water partition coefficient (Wildman–Crippen LogP) is 2.66. The third kappa shape index (κ3) is 2.44. The molecule has 0 amide bonds. The van der Waals surface area contributed by atoms with Crippen molar-refractivity contribution in [2.45, 2.75) is 44.1 Å². The van der Waals surface area contributed by atoms with Crippen molar-refractivity contribution in [3.63, 3.8) is 0 Å². The number of hydrogen-bond acceptors (Lipinski definition) is 4. The summed E-state index contributed by atoms with van der Waals surface area (Å²) in [6, 6.07) is 10.3. The van der Waals surface area contributed by atoms with Gasteiger partial charge >= 0.3 is 0 Å². The zero-order valence-electron chi connectivity index (χ0n) is 12.8. The van der Waals surface area contributed by atoms with Gasteiger partial charge < -0.3 is 0 Å². The lowest BCUT2D eigenvalue weighted by atomic mass is 10.3. The highest BCUT2D eigenvalue weighted by Gasteiger charge is 2.31. The number of para-hydroxylation sites is 1. The molecule has 0 N–H and O–H groups in total. The largest absolute Gasteiger partial charge is 0.281 e. The summed E-state index contributed by atoms with van der Waals surface area (Å²) < 4.78 is 4.07. The molecule has 0 radical (unpaired) electrons. The smallest absolute Gasteiger partial charge is 0.159 e. The van der Waals surface area contributed by atoms with Crippen molar-refractivity contribution in [2.24, 2.45) is 0 Å². The van der Waals surface area contributed by atoms with Gasteiger partial charge in [0.15, 0.2) is 5.82 Å². The summed E-state index contributed by atoms with van der Waals surface area (Å²) >= 11 is 0. The fraction of sp³-hybridized carbons (Fsp3) is 0.412. The Kier molecular flexibility index (Phi) is 2.83. The lowest BCUT2D eigenvalue weighted by Gasteiger charge is -2.09. The second-order valence-electron chi connectivity index (χ2n) is 6.53. The van der Waals surface area contributed by atoms with Gasteiger partial charge in [-0.05, 0) is 37.8 Å². The molecule has 2 aliphatic rings. The fourth-order valence-electron chi connectivity index (χ4n) is 3.00. The highest BCUT2D eigenvalue weighted by molar-refractivity contribution is 5.35. The molecule has 23 heavy (non-hydrogen) atoms. The molecule has 2 aliphatic carbocycles. The van der Waals surface area contributed by atoms with E-state index in [1.165, 1.54) is 25.7 Å². The lowest BCUT2D eigenvalue weighted by Crippen LogP contribution is -2.10. The predicted molar refractivity (Wildman–Crippen MR) is 84.4 cm³/mol. The van der Waals surface area contributed by atoms with E-state index in [1.807, 2.05) is 10.7 Å². The van der Waals surface area contributed by atoms with Gasteiger partial charge in [-0.15, -0.1) is 15.3 Å². The van der Waals surface area contributed by atoms with Crippen LogP contribution >= 0.6 is 0 Å². The molecule has 0 atom stereocenters. The van der Waals surface area contributed by atoms with Crippen molar-refractivity contribution in [3.05, 3.63) is 53.9 Å². The summed E-state index contributed by atoms with van der Waals surface area (Å²) in [6.07, 6.45) is 6.95. The van der Waals surface area contributed by atoms with Crippen molar-refractivity contribution < 1.29 is 0 Å². The van der Waals surface area contributed by atoms with Gasteiger partial charge in [0.05, 0.1) is 5.69 Å². The summed E-state index contributed by atoms with van der Waals surface area (Å²) in [4.78, 5) is 0. The van der Waals surface area contributed by atoms with Crippen LogP contribution in [0.4, 0.5) is 0 Å². The van der Waals surface area contributed by atoms with Crippen LogP contribution in [0.15, 0.2) is 36.5 Å². The summed E-state index contributed by atoms with van der Waals surface area (Å²) in [7, 11) is 0. The van der Waals surface area contributed by atoms with Crippen LogP contribution in [0.25, 0.3) is 5.69 Å². The second kappa shape index (κ2) is 5.01. The Balaban J connectivity index is 1.51. The van der Waals surface area contributed by atoms with Crippen LogP contribution in [0.1, 0.15) is 54.9 Å². The molecular formula is C17H18N6. The van der Waals surface area contributed by atoms with E-state index in [2.05, 4.69) is 55.5 Å². The minimum absolute atomic E-state index is 0.550. The van der Waals surface area contributed by atoms with E-state index in [1.54, 1.807) is 0 Å². The minimum Gasteiger partial charge on any atom is -0.281 e. The molecule has 116 valence electrons. The highest BCUT2D eigenvalue weighted by atomic mass is 15.4. The Morgan fingerprint density at radius 2 is 1.70 bits per heavy atom. The highest BCUT2D eigenvalue weighted by Crippen LogP contribution is 2.40. The van der Waals surface area contributed by atoms with Crippen molar-refractivity contribution in [3.8, 4) is 5.69 Å². The van der Waals surface area contributed by atoms with Gasteiger partial charge in [-0.1, -0.05) is 23.4 Å². The normalized spacial score (nSPS) is 17.6. The maximum absolute atomic E-state index is 4.46. The standard InChI is InChI=1S/C17H18N6/c1-2-4-14(5-3-1)23-16(19-20-17(23)13-8-9-13)11-22-10-15(18-21-22)12-6-7-12/h1-5,10,12-13H,6-9,11H2. The summed E-state index contributed by atoms with van der Waals surface area (Å²) in [5, 5.41) is 17.4. The quantitative estimate of drug-likeness (QED) is 0.727. The summed E-state index contributed by atoms with van der Waals surface area (Å²) in [5.41, 5.74) is 2.23. The van der Waals surface area contributed by atoms with E-state index in [0.717, 1.165) is 23.0 Å². The molecule has 6 nitrogen and oxygen atoms in total. The van der Waals surface area contributed by atoms with Crippen molar-refractivity contribution in [1.29, 1.82) is 0 Å². The molecule has 0 unspecified atom stereocenters. The van der Waals surface area contributed by atoms with Crippen LogP contribution in [0.5, 0.6) is 0 Å². The molecule has 5 rings (SSSR count). The monoisotopic (exact) mass is 306 g/mol. The topological polar surface area (TPSA) is 61.4 Å². The van der Waals surface area contributed by atoms with Gasteiger partial charge in [0.2, 0.25) is 0 Å². The third-order valence-electron chi connectivity index (χ3n) is 4.57. The van der Waals surface area contributed by atoms with E-state index < -0.39 is 0 Å². The molecule has 0 spiro atoms. The molecule has 0 saturated heterocycles. The zero-order valence-corrected chi connectivity index (χ0v) is 12.8. The molecule has 2 fully saturated rings. The van der Waals surface area contributed by atoms with E-state index >= 15 is 0 Å². The Morgan fingerprint density at radius 1 is 0.913 bits per heavy atom. The first-order chi connectivity index (χ1) is 11.4. The van der Waals surface area contributed by atoms with Gasteiger partial charge in [-0.3, -0.25) is 4.57 Å². The SMILES string of the molecule is c1ccc(-n2c(Cn3cc(C4CC4)nn3)nnc2C2CC2)cc1. The van der Waals surface area contributed by atoms with E-state index in [0.29, 0.717) is 18.4 Å². The molecule has 2 aromatic heterocycles. The number of rotatable bonds is 5. The first kappa shape index (κ1) is 13.0. The van der Waals surface area contributed by atoms with Gasteiger partial charge in [0.25, 0.3) is 0 Å². The maximum atomic E-state index is 4.46. The van der Waals surface area contributed by atoms with Gasteiger partial charge in [0, 0.05) is 23.7 Å². The first-order valence-corrected chi connectivity index (χ1v) is 8.28. The molecule has 6 heteroatoms. The molecule has 1 aromatic carbocycles. The molecule has 2 saturated carbocycles. The number of nitrogens with zero attached hydrogens (tertiary/aromatic N) is 6. The zero-order chi connectivity index (χ0) is 15.2. The van der Waals surface area contributed by atoms with Gasteiger partial charge in [-0.2, -0.15) is 0 Å². The number of benzene rings is 1. The lowest BCUT2D eigenvalue weighted by molar-refractivity contribution is 0.614. The summed E-state index contributed by atoms with van der Waals surface area (Å²) in [6.45, 7) is 0.605. The maximum Gasteiger partial charge on any atom is 0.159 e. The van der Waals surface area contributed by atoms with E-state index in [4.69, 9.17) is 0 Å². The first-order valence-electron chi connectivity index (χ1n) is 8.28. The van der Waals surface area contributed by atoms with E-state index in [-0.39, 0.29) is 0 Å². The van der Waals surface area contributed by atoms with Gasteiger partial charge in [-0.25, -0.2) is 4.68 Å². The van der Waals surface area contributed by atoms with Crippen LogP contribution in [0, 0.1) is 0 Å². The summed E-state index contributed by atoms with van der Waals surface area (Å²) in [5.74, 6) is 3.17. The molecule has 2 heterocycles. The van der Waals surface area contributed by atoms with Crippen LogP contribution in [-0.4, -0.2) is 29.8 Å². The molecule has 0 bridgehead atoms. The van der Waals surface area contributed by atoms with Crippen LogP contribution in [0.3, 0.4) is 0 Å². The fourth-order valence-corrected chi connectivity index (χ4v) is 3.00. The average molecular weight is 306 g/mol. The molecule has 3 aromatic rings. The van der Waals surface area contributed by atoms with Crippen LogP contribution in [0.2, 0.25) is 0 Å². The van der Waals surface area contributed by atoms with E-state index in [9.17, 15) is 0 Å². The molecular weight excluding hydrogens is 288 g/mol. The Bertz CT molecular complexity index is 826. The van der Waals surface area contributed by atoms with Crippen LogP contribution < -0.4 is 0 Å². The minimum atomic E-state index is 0.550. The van der Waals surface area contributed by atoms with Crippen molar-refractivity contribution >= 4 is 0 Å². The average Bonchev–Trinajstić information content (AvgIpc) is 3.52. The number of hydrogen-bond donors (Lipinski definition) is 0. The second-order valence-corrected chi connectivity index (χ2v) is 6.53. The Labute approximate surface area is 134 Å².